The zero-order valence-electron chi connectivity index (χ0n) is 24.7. The van der Waals surface area contributed by atoms with E-state index in [2.05, 4.69) is 5.32 Å². The number of ether oxygens (including phenoxy) is 1. The summed E-state index contributed by atoms with van der Waals surface area (Å²) in [6.07, 6.45) is 1.72. The second-order valence-electron chi connectivity index (χ2n) is 10.8. The van der Waals surface area contributed by atoms with Crippen molar-refractivity contribution in [3.8, 4) is 16.9 Å². The second kappa shape index (κ2) is 16.1. The highest BCUT2D eigenvalue weighted by molar-refractivity contribution is 7.89. The molecule has 43 heavy (non-hydrogen) atoms. The standard InChI is InChI=1S/C32H42N4O6S/c1-23(2)21-36(43(40,41)29-17-13-26(33)14-18-29)27(22-37)8-5-6-20-35-31(38)19-12-24-7-3-4-9-30(24)25-10-15-28(16-11-25)42-32(34)39/h3-4,7,9-11,13-18,23,27,37H,5-6,8,12,19-22,33H2,1-2H3,(H2,34,39)(H,35,38). The zero-order valence-corrected chi connectivity index (χ0v) is 25.6. The quantitative estimate of drug-likeness (QED) is 0.138. The molecule has 1 unspecified atom stereocenters. The molecule has 0 radical (unpaired) electrons. The van der Waals surface area contributed by atoms with Crippen molar-refractivity contribution in [3.05, 3.63) is 78.4 Å². The lowest BCUT2D eigenvalue weighted by Gasteiger charge is -2.31. The van der Waals surface area contributed by atoms with E-state index in [1.165, 1.54) is 16.4 Å². The van der Waals surface area contributed by atoms with E-state index in [1.807, 2.05) is 50.2 Å². The number of aliphatic hydroxyl groups excluding tert-OH is 1. The number of sulfonamides is 1. The molecule has 0 bridgehead atoms. The fourth-order valence-electron chi connectivity index (χ4n) is 4.81. The lowest BCUT2D eigenvalue weighted by atomic mass is 9.96. The van der Waals surface area contributed by atoms with Gasteiger partial charge in [-0.15, -0.1) is 0 Å². The number of primary amides is 1. The molecule has 2 amide bonds. The number of unbranched alkanes of at least 4 members (excludes halogenated alkanes) is 1. The van der Waals surface area contributed by atoms with Gasteiger partial charge in [-0.2, -0.15) is 4.31 Å². The highest BCUT2D eigenvalue weighted by atomic mass is 32.2. The molecule has 0 aliphatic carbocycles. The van der Waals surface area contributed by atoms with E-state index in [9.17, 15) is 23.1 Å². The average molecular weight is 611 g/mol. The largest absolute Gasteiger partial charge is 0.411 e. The zero-order chi connectivity index (χ0) is 31.4. The molecule has 10 nitrogen and oxygen atoms in total. The van der Waals surface area contributed by atoms with Crippen LogP contribution < -0.4 is 21.5 Å². The summed E-state index contributed by atoms with van der Waals surface area (Å²) in [6.45, 7) is 4.31. The fourth-order valence-corrected chi connectivity index (χ4v) is 6.62. The van der Waals surface area contributed by atoms with Crippen molar-refractivity contribution in [1.82, 2.24) is 9.62 Å². The van der Waals surface area contributed by atoms with Gasteiger partial charge in [0.2, 0.25) is 15.9 Å². The van der Waals surface area contributed by atoms with Gasteiger partial charge in [0.25, 0.3) is 0 Å². The number of rotatable bonds is 16. The summed E-state index contributed by atoms with van der Waals surface area (Å²) in [5.41, 5.74) is 14.2. The monoisotopic (exact) mass is 610 g/mol. The van der Waals surface area contributed by atoms with Gasteiger partial charge in [-0.25, -0.2) is 13.2 Å². The van der Waals surface area contributed by atoms with E-state index in [0.29, 0.717) is 50.1 Å². The molecule has 0 spiro atoms. The number of nitrogens with one attached hydrogen (secondary N) is 1. The number of anilines is 1. The Morgan fingerprint density at radius 3 is 2.28 bits per heavy atom. The number of hydrogen-bond acceptors (Lipinski definition) is 7. The maximum atomic E-state index is 13.4. The van der Waals surface area contributed by atoms with Crippen LogP contribution in [0, 0.1) is 5.92 Å². The Labute approximate surface area is 254 Å². The predicted molar refractivity (Wildman–Crippen MR) is 168 cm³/mol. The molecule has 3 aromatic rings. The molecule has 3 aromatic carbocycles. The van der Waals surface area contributed by atoms with Crippen LogP contribution in [0.5, 0.6) is 5.75 Å². The van der Waals surface area contributed by atoms with Gasteiger partial charge in [0, 0.05) is 31.2 Å². The van der Waals surface area contributed by atoms with E-state index in [1.54, 1.807) is 24.3 Å². The first-order valence-corrected chi connectivity index (χ1v) is 15.9. The minimum atomic E-state index is -3.82. The number of nitrogen functional groups attached to an aromatic ring is 1. The predicted octanol–water partition coefficient (Wildman–Crippen LogP) is 4.32. The van der Waals surface area contributed by atoms with Gasteiger partial charge in [-0.3, -0.25) is 4.79 Å². The van der Waals surface area contributed by atoms with Crippen LogP contribution in [0.4, 0.5) is 10.5 Å². The lowest BCUT2D eigenvalue weighted by Crippen LogP contribution is -2.44. The van der Waals surface area contributed by atoms with Crippen LogP contribution in [0.3, 0.4) is 0 Å². The number of amides is 2. The summed E-state index contributed by atoms with van der Waals surface area (Å²) in [5, 5.41) is 13.1. The van der Waals surface area contributed by atoms with E-state index >= 15 is 0 Å². The first-order chi connectivity index (χ1) is 20.5. The molecule has 232 valence electrons. The summed E-state index contributed by atoms with van der Waals surface area (Å²) in [4.78, 5) is 23.7. The Hall–Kier alpha value is -3.93. The topological polar surface area (TPSA) is 165 Å². The van der Waals surface area contributed by atoms with Crippen LogP contribution >= 0.6 is 0 Å². The third-order valence-electron chi connectivity index (χ3n) is 6.96. The summed E-state index contributed by atoms with van der Waals surface area (Å²) >= 11 is 0. The molecular weight excluding hydrogens is 568 g/mol. The molecule has 0 saturated carbocycles. The summed E-state index contributed by atoms with van der Waals surface area (Å²) < 4.78 is 33.1. The third kappa shape index (κ3) is 10.1. The number of aryl methyl sites for hydroxylation is 1. The Bertz CT molecular complexity index is 1440. The molecule has 3 rings (SSSR count). The average Bonchev–Trinajstić information content (AvgIpc) is 2.97. The molecule has 0 saturated heterocycles. The highest BCUT2D eigenvalue weighted by Gasteiger charge is 2.31. The van der Waals surface area contributed by atoms with E-state index in [4.69, 9.17) is 16.2 Å². The van der Waals surface area contributed by atoms with E-state index < -0.39 is 22.2 Å². The van der Waals surface area contributed by atoms with E-state index in [-0.39, 0.29) is 29.9 Å². The normalized spacial score (nSPS) is 12.3. The SMILES string of the molecule is CC(C)CN(C(CO)CCCCNC(=O)CCc1ccccc1-c1ccc(OC(N)=O)cc1)S(=O)(=O)c1ccc(N)cc1. The Morgan fingerprint density at radius 2 is 1.65 bits per heavy atom. The number of benzene rings is 3. The highest BCUT2D eigenvalue weighted by Crippen LogP contribution is 2.27. The lowest BCUT2D eigenvalue weighted by molar-refractivity contribution is -0.121. The Balaban J connectivity index is 1.50. The van der Waals surface area contributed by atoms with Crippen LogP contribution in [0.25, 0.3) is 11.1 Å². The fraction of sp³-hybridized carbons (Fsp3) is 0.375. The van der Waals surface area contributed by atoms with Crippen molar-refractivity contribution in [1.29, 1.82) is 0 Å². The van der Waals surface area contributed by atoms with Crippen molar-refractivity contribution in [3.63, 3.8) is 0 Å². The Morgan fingerprint density at radius 1 is 0.977 bits per heavy atom. The maximum Gasteiger partial charge on any atom is 0.409 e. The number of hydrogen-bond donors (Lipinski definition) is 4. The van der Waals surface area contributed by atoms with Gasteiger partial charge in [-0.1, -0.05) is 56.7 Å². The summed E-state index contributed by atoms with van der Waals surface area (Å²) in [5.74, 6) is 0.345. The molecule has 6 N–H and O–H groups in total. The van der Waals surface area contributed by atoms with Crippen molar-refractivity contribution < 1.29 is 27.9 Å². The van der Waals surface area contributed by atoms with Gasteiger partial charge < -0.3 is 26.6 Å². The molecular formula is C32H42N4O6S. The molecule has 1 atom stereocenters. The minimum Gasteiger partial charge on any atom is -0.411 e. The van der Waals surface area contributed by atoms with Crippen LogP contribution in [-0.2, 0) is 21.2 Å². The third-order valence-corrected chi connectivity index (χ3v) is 8.89. The molecule has 0 aliphatic rings. The summed E-state index contributed by atoms with van der Waals surface area (Å²) in [7, 11) is -3.82. The molecule has 0 aliphatic heterocycles. The van der Waals surface area contributed by atoms with Gasteiger partial charge in [0.1, 0.15) is 5.75 Å². The second-order valence-corrected chi connectivity index (χ2v) is 12.7. The number of aliphatic hydroxyl groups is 1. The van der Waals surface area contributed by atoms with Crippen molar-refractivity contribution in [2.24, 2.45) is 11.7 Å². The number of nitrogens with zero attached hydrogens (tertiary/aromatic N) is 1. The van der Waals surface area contributed by atoms with Gasteiger partial charge in [0.15, 0.2) is 0 Å². The Kier molecular flexibility index (Phi) is 12.5. The first-order valence-electron chi connectivity index (χ1n) is 14.4. The van der Waals surface area contributed by atoms with Crippen LogP contribution in [0.2, 0.25) is 0 Å². The van der Waals surface area contributed by atoms with Gasteiger partial charge in [0.05, 0.1) is 11.5 Å². The van der Waals surface area contributed by atoms with Crippen molar-refractivity contribution in [2.75, 3.05) is 25.4 Å². The molecule has 0 heterocycles. The number of carbonyl (C=O) groups is 2. The van der Waals surface area contributed by atoms with E-state index in [0.717, 1.165) is 16.7 Å². The van der Waals surface area contributed by atoms with Crippen LogP contribution in [-0.4, -0.2) is 55.6 Å². The molecule has 0 aromatic heterocycles. The van der Waals surface area contributed by atoms with Gasteiger partial charge in [-0.05, 0) is 78.3 Å². The first kappa shape index (κ1) is 33.6. The minimum absolute atomic E-state index is 0.0669. The van der Waals surface area contributed by atoms with Crippen molar-refractivity contribution in [2.45, 2.75) is 56.9 Å². The maximum absolute atomic E-state index is 13.4. The van der Waals surface area contributed by atoms with Gasteiger partial charge >= 0.3 is 6.09 Å². The van der Waals surface area contributed by atoms with Crippen molar-refractivity contribution >= 4 is 27.7 Å². The van der Waals surface area contributed by atoms with Crippen LogP contribution in [0.1, 0.15) is 45.1 Å². The molecule has 0 fully saturated rings. The van der Waals surface area contributed by atoms with Crippen LogP contribution in [0.15, 0.2) is 77.7 Å². The number of nitrogens with two attached hydrogens (primary N) is 2. The molecule has 11 heteroatoms. The summed E-state index contributed by atoms with van der Waals surface area (Å²) in [6, 6.07) is 20.3. The number of carbonyl (C=O) groups excluding carboxylic acids is 2. The smallest absolute Gasteiger partial charge is 0.409 e.